The van der Waals surface area contributed by atoms with E-state index in [9.17, 15) is 4.79 Å². The summed E-state index contributed by atoms with van der Waals surface area (Å²) in [7, 11) is 1.83. The van der Waals surface area contributed by atoms with Gasteiger partial charge in [0, 0.05) is 19.3 Å². The first-order valence-corrected chi connectivity index (χ1v) is 7.49. The highest BCUT2D eigenvalue weighted by Crippen LogP contribution is 2.14. The molecular weight excluding hydrogens is 290 g/mol. The van der Waals surface area contributed by atoms with Crippen molar-refractivity contribution in [3.63, 3.8) is 0 Å². The zero-order chi connectivity index (χ0) is 16.2. The zero-order valence-electron chi connectivity index (χ0n) is 13.3. The molecular formula is C18H19N3O2. The molecule has 0 aliphatic heterocycles. The molecule has 3 rings (SSSR count). The molecule has 1 amide bonds. The maximum Gasteiger partial charge on any atom is 0.275 e. The predicted octanol–water partition coefficient (Wildman–Crippen LogP) is 3.16. The average Bonchev–Trinajstić information content (AvgIpc) is 3.17. The van der Waals surface area contributed by atoms with Crippen molar-refractivity contribution in [1.29, 1.82) is 0 Å². The number of rotatable bonds is 5. The van der Waals surface area contributed by atoms with Crippen LogP contribution in [0, 0.1) is 6.92 Å². The molecule has 0 atom stereocenters. The van der Waals surface area contributed by atoms with Gasteiger partial charge >= 0.3 is 0 Å². The monoisotopic (exact) mass is 309 g/mol. The van der Waals surface area contributed by atoms with Gasteiger partial charge in [-0.05, 0) is 30.7 Å². The SMILES string of the molecule is Cc1cc(C(=O)N(Cc2ccccc2)Cc2ccco2)nn1C. The molecule has 2 heterocycles. The van der Waals surface area contributed by atoms with Gasteiger partial charge in [-0.1, -0.05) is 30.3 Å². The standard InChI is InChI=1S/C18H19N3O2/c1-14-11-17(19-20(14)2)18(22)21(13-16-9-6-10-23-16)12-15-7-4-3-5-8-15/h3-11H,12-13H2,1-2H3. The van der Waals surface area contributed by atoms with Crippen LogP contribution >= 0.6 is 0 Å². The first kappa shape index (κ1) is 15.1. The molecule has 2 aromatic heterocycles. The molecule has 5 nitrogen and oxygen atoms in total. The lowest BCUT2D eigenvalue weighted by molar-refractivity contribution is 0.0711. The Morgan fingerprint density at radius 1 is 1.17 bits per heavy atom. The van der Waals surface area contributed by atoms with Crippen molar-refractivity contribution in [2.75, 3.05) is 0 Å². The van der Waals surface area contributed by atoms with Gasteiger partial charge in [0.15, 0.2) is 5.69 Å². The Balaban J connectivity index is 1.85. The van der Waals surface area contributed by atoms with Crippen molar-refractivity contribution in [3.8, 4) is 0 Å². The van der Waals surface area contributed by atoms with Crippen LogP contribution in [0.4, 0.5) is 0 Å². The van der Waals surface area contributed by atoms with Gasteiger partial charge < -0.3 is 9.32 Å². The number of furan rings is 1. The van der Waals surface area contributed by atoms with Crippen LogP contribution in [0.25, 0.3) is 0 Å². The molecule has 23 heavy (non-hydrogen) atoms. The van der Waals surface area contributed by atoms with E-state index in [4.69, 9.17) is 4.42 Å². The number of amides is 1. The van der Waals surface area contributed by atoms with Crippen LogP contribution in [0.2, 0.25) is 0 Å². The van der Waals surface area contributed by atoms with E-state index in [1.165, 1.54) is 0 Å². The minimum atomic E-state index is -0.103. The van der Waals surface area contributed by atoms with Gasteiger partial charge in [0.1, 0.15) is 5.76 Å². The Kier molecular flexibility index (Phi) is 4.28. The van der Waals surface area contributed by atoms with Crippen molar-refractivity contribution in [1.82, 2.24) is 14.7 Å². The second-order valence-corrected chi connectivity index (χ2v) is 5.52. The Hall–Kier alpha value is -2.82. The fourth-order valence-corrected chi connectivity index (χ4v) is 2.42. The molecule has 0 N–H and O–H groups in total. The number of benzene rings is 1. The van der Waals surface area contributed by atoms with Crippen LogP contribution in [-0.4, -0.2) is 20.6 Å². The summed E-state index contributed by atoms with van der Waals surface area (Å²) in [6, 6.07) is 15.4. The summed E-state index contributed by atoms with van der Waals surface area (Å²) in [5, 5.41) is 4.30. The molecule has 1 aromatic carbocycles. The molecule has 3 aromatic rings. The number of carbonyl (C=O) groups is 1. The summed E-state index contributed by atoms with van der Waals surface area (Å²) in [4.78, 5) is 14.6. The fraction of sp³-hybridized carbons (Fsp3) is 0.222. The molecule has 0 radical (unpaired) electrons. The predicted molar refractivity (Wildman–Crippen MR) is 86.7 cm³/mol. The molecule has 5 heteroatoms. The van der Waals surface area contributed by atoms with Crippen molar-refractivity contribution in [3.05, 3.63) is 77.5 Å². The summed E-state index contributed by atoms with van der Waals surface area (Å²) in [5.74, 6) is 0.649. The second kappa shape index (κ2) is 6.52. The molecule has 118 valence electrons. The van der Waals surface area contributed by atoms with Crippen molar-refractivity contribution in [2.45, 2.75) is 20.0 Å². The van der Waals surface area contributed by atoms with Gasteiger partial charge in [0.2, 0.25) is 0 Å². The summed E-state index contributed by atoms with van der Waals surface area (Å²) in [6.07, 6.45) is 1.62. The molecule has 0 unspecified atom stereocenters. The fourth-order valence-electron chi connectivity index (χ4n) is 2.42. The van der Waals surface area contributed by atoms with E-state index < -0.39 is 0 Å². The largest absolute Gasteiger partial charge is 0.467 e. The van der Waals surface area contributed by atoms with Crippen LogP contribution in [0.5, 0.6) is 0 Å². The molecule has 0 fully saturated rings. The lowest BCUT2D eigenvalue weighted by atomic mass is 10.2. The minimum absolute atomic E-state index is 0.103. The Labute approximate surface area is 135 Å². The van der Waals surface area contributed by atoms with E-state index in [0.717, 1.165) is 17.0 Å². The first-order valence-electron chi connectivity index (χ1n) is 7.49. The number of hydrogen-bond donors (Lipinski definition) is 0. The van der Waals surface area contributed by atoms with Crippen molar-refractivity contribution >= 4 is 5.91 Å². The zero-order valence-corrected chi connectivity index (χ0v) is 13.3. The third-order valence-corrected chi connectivity index (χ3v) is 3.76. The number of hydrogen-bond acceptors (Lipinski definition) is 3. The van der Waals surface area contributed by atoms with Crippen LogP contribution in [0.15, 0.2) is 59.2 Å². The normalized spacial score (nSPS) is 10.7. The van der Waals surface area contributed by atoms with Gasteiger partial charge in [-0.15, -0.1) is 0 Å². The average molecular weight is 309 g/mol. The lowest BCUT2D eigenvalue weighted by Crippen LogP contribution is -2.30. The molecule has 0 spiro atoms. The quantitative estimate of drug-likeness (QED) is 0.727. The van der Waals surface area contributed by atoms with Gasteiger partial charge in [0.05, 0.1) is 12.8 Å². The highest BCUT2D eigenvalue weighted by Gasteiger charge is 2.20. The van der Waals surface area contributed by atoms with Gasteiger partial charge in [-0.2, -0.15) is 5.10 Å². The van der Waals surface area contributed by atoms with Crippen LogP contribution in [-0.2, 0) is 20.1 Å². The van der Waals surface area contributed by atoms with E-state index in [1.54, 1.807) is 15.8 Å². The summed E-state index contributed by atoms with van der Waals surface area (Å²) in [5.41, 5.74) is 2.47. The van der Waals surface area contributed by atoms with Gasteiger partial charge in [-0.3, -0.25) is 9.48 Å². The third kappa shape index (κ3) is 3.51. The Bertz CT molecular complexity index is 756. The topological polar surface area (TPSA) is 51.3 Å². The molecule has 0 aliphatic carbocycles. The Morgan fingerprint density at radius 2 is 1.96 bits per heavy atom. The van der Waals surface area contributed by atoms with E-state index in [-0.39, 0.29) is 5.91 Å². The Morgan fingerprint density at radius 3 is 2.57 bits per heavy atom. The minimum Gasteiger partial charge on any atom is -0.467 e. The van der Waals surface area contributed by atoms with Gasteiger partial charge in [0.25, 0.3) is 5.91 Å². The molecule has 0 aliphatic rings. The molecule has 0 saturated heterocycles. The van der Waals surface area contributed by atoms with Crippen LogP contribution in [0.1, 0.15) is 27.5 Å². The molecule has 0 bridgehead atoms. The summed E-state index contributed by atoms with van der Waals surface area (Å²) >= 11 is 0. The second-order valence-electron chi connectivity index (χ2n) is 5.52. The van der Waals surface area contributed by atoms with E-state index in [2.05, 4.69) is 5.10 Å². The highest BCUT2D eigenvalue weighted by molar-refractivity contribution is 5.92. The summed E-state index contributed by atoms with van der Waals surface area (Å²) in [6.45, 7) is 2.85. The van der Waals surface area contributed by atoms with E-state index in [1.807, 2.05) is 62.5 Å². The van der Waals surface area contributed by atoms with E-state index >= 15 is 0 Å². The maximum atomic E-state index is 12.8. The van der Waals surface area contributed by atoms with Gasteiger partial charge in [-0.25, -0.2) is 0 Å². The number of nitrogens with zero attached hydrogens (tertiary/aromatic N) is 3. The number of aromatic nitrogens is 2. The number of carbonyl (C=O) groups excluding carboxylic acids is 1. The van der Waals surface area contributed by atoms with Crippen molar-refractivity contribution in [2.24, 2.45) is 7.05 Å². The first-order chi connectivity index (χ1) is 11.1. The third-order valence-electron chi connectivity index (χ3n) is 3.76. The van der Waals surface area contributed by atoms with Crippen LogP contribution < -0.4 is 0 Å². The van der Waals surface area contributed by atoms with Crippen LogP contribution in [0.3, 0.4) is 0 Å². The molecule has 0 saturated carbocycles. The number of aryl methyl sites for hydroxylation is 2. The van der Waals surface area contributed by atoms with E-state index in [0.29, 0.717) is 18.8 Å². The maximum absolute atomic E-state index is 12.8. The summed E-state index contributed by atoms with van der Waals surface area (Å²) < 4.78 is 7.11. The van der Waals surface area contributed by atoms with Crippen molar-refractivity contribution < 1.29 is 9.21 Å². The lowest BCUT2D eigenvalue weighted by Gasteiger charge is -2.21. The smallest absolute Gasteiger partial charge is 0.275 e. The highest BCUT2D eigenvalue weighted by atomic mass is 16.3.